The Balaban J connectivity index is 1.78. The minimum Gasteiger partial charge on any atom is -0.391 e. The lowest BCUT2D eigenvalue weighted by Gasteiger charge is -2.32. The molecule has 0 radical (unpaired) electrons. The SMILES string of the molecule is CCC(C(=O)N1CCCC(O)C1)n1nnc(-c2ccc(Cl)cc2)n1. The Labute approximate surface area is 145 Å². The number of rotatable bonds is 4. The number of aromatic nitrogens is 4. The van der Waals surface area contributed by atoms with Gasteiger partial charge in [0.15, 0.2) is 6.04 Å². The van der Waals surface area contributed by atoms with E-state index in [1.54, 1.807) is 17.0 Å². The van der Waals surface area contributed by atoms with Crippen molar-refractivity contribution in [3.63, 3.8) is 0 Å². The van der Waals surface area contributed by atoms with Gasteiger partial charge in [-0.3, -0.25) is 4.79 Å². The average Bonchev–Trinajstić information content (AvgIpc) is 3.06. The topological polar surface area (TPSA) is 84.1 Å². The third-order valence-electron chi connectivity index (χ3n) is 4.19. The molecule has 3 rings (SSSR count). The summed E-state index contributed by atoms with van der Waals surface area (Å²) in [5, 5.41) is 22.9. The maximum Gasteiger partial charge on any atom is 0.249 e. The first-order chi connectivity index (χ1) is 11.6. The Morgan fingerprint density at radius 2 is 2.17 bits per heavy atom. The van der Waals surface area contributed by atoms with Crippen LogP contribution in [0.5, 0.6) is 0 Å². The maximum atomic E-state index is 12.7. The molecule has 7 nitrogen and oxygen atoms in total. The Morgan fingerprint density at radius 1 is 1.42 bits per heavy atom. The fourth-order valence-electron chi connectivity index (χ4n) is 2.87. The van der Waals surface area contributed by atoms with Crippen LogP contribution in [0, 0.1) is 0 Å². The van der Waals surface area contributed by atoms with Gasteiger partial charge in [-0.25, -0.2) is 0 Å². The number of amides is 1. The summed E-state index contributed by atoms with van der Waals surface area (Å²) in [5.74, 6) is 0.382. The third-order valence-corrected chi connectivity index (χ3v) is 4.44. The number of aliphatic hydroxyl groups is 1. The summed E-state index contributed by atoms with van der Waals surface area (Å²) < 4.78 is 0. The monoisotopic (exact) mass is 349 g/mol. The Bertz CT molecular complexity index is 703. The lowest BCUT2D eigenvalue weighted by molar-refractivity contribution is -0.138. The molecule has 2 heterocycles. The molecule has 1 amide bonds. The minimum absolute atomic E-state index is 0.0729. The molecule has 0 bridgehead atoms. The second kappa shape index (κ2) is 7.27. The van der Waals surface area contributed by atoms with Gasteiger partial charge in [-0.2, -0.15) is 4.80 Å². The van der Waals surface area contributed by atoms with Gasteiger partial charge in [-0.1, -0.05) is 18.5 Å². The molecule has 0 aliphatic carbocycles. The molecule has 1 aromatic carbocycles. The van der Waals surface area contributed by atoms with Gasteiger partial charge in [0.1, 0.15) is 0 Å². The summed E-state index contributed by atoms with van der Waals surface area (Å²) in [4.78, 5) is 15.8. The van der Waals surface area contributed by atoms with Gasteiger partial charge in [0.05, 0.1) is 6.10 Å². The fourth-order valence-corrected chi connectivity index (χ4v) is 3.00. The second-order valence-corrected chi connectivity index (χ2v) is 6.38. The molecule has 1 N–H and O–H groups in total. The summed E-state index contributed by atoms with van der Waals surface area (Å²) in [6.07, 6.45) is 1.66. The van der Waals surface area contributed by atoms with Gasteiger partial charge in [0.2, 0.25) is 11.7 Å². The molecule has 1 aliphatic heterocycles. The van der Waals surface area contributed by atoms with Gasteiger partial charge < -0.3 is 10.0 Å². The van der Waals surface area contributed by atoms with E-state index in [1.165, 1.54) is 4.80 Å². The summed E-state index contributed by atoms with van der Waals surface area (Å²) >= 11 is 5.88. The summed E-state index contributed by atoms with van der Waals surface area (Å²) in [7, 11) is 0. The molecule has 1 fully saturated rings. The third kappa shape index (κ3) is 3.57. The van der Waals surface area contributed by atoms with Gasteiger partial charge in [0, 0.05) is 23.7 Å². The molecule has 128 valence electrons. The molecule has 0 spiro atoms. The van der Waals surface area contributed by atoms with E-state index in [-0.39, 0.29) is 5.91 Å². The highest BCUT2D eigenvalue weighted by atomic mass is 35.5. The van der Waals surface area contributed by atoms with Gasteiger partial charge >= 0.3 is 0 Å². The zero-order valence-electron chi connectivity index (χ0n) is 13.5. The summed E-state index contributed by atoms with van der Waals surface area (Å²) in [6.45, 7) is 2.94. The van der Waals surface area contributed by atoms with E-state index in [4.69, 9.17) is 11.6 Å². The molecule has 0 saturated carbocycles. The van der Waals surface area contributed by atoms with E-state index in [1.807, 2.05) is 19.1 Å². The fraction of sp³-hybridized carbons (Fsp3) is 0.500. The Hall–Kier alpha value is -1.99. The first-order valence-electron chi connectivity index (χ1n) is 8.10. The summed E-state index contributed by atoms with van der Waals surface area (Å²) in [5.41, 5.74) is 0.793. The number of piperidine rings is 1. The normalized spacial score (nSPS) is 19.3. The van der Waals surface area contributed by atoms with Crippen molar-refractivity contribution >= 4 is 17.5 Å². The van der Waals surface area contributed by atoms with Crippen molar-refractivity contribution in [2.75, 3.05) is 13.1 Å². The molecule has 8 heteroatoms. The highest BCUT2D eigenvalue weighted by Gasteiger charge is 2.30. The van der Waals surface area contributed by atoms with Gasteiger partial charge in [0.25, 0.3) is 0 Å². The number of halogens is 1. The quantitative estimate of drug-likeness (QED) is 0.911. The first kappa shape index (κ1) is 16.9. The lowest BCUT2D eigenvalue weighted by Crippen LogP contribution is -2.45. The zero-order valence-corrected chi connectivity index (χ0v) is 14.2. The van der Waals surface area contributed by atoms with Crippen molar-refractivity contribution in [2.24, 2.45) is 0 Å². The minimum atomic E-state index is -0.510. The molecular weight excluding hydrogens is 330 g/mol. The Kier molecular flexibility index (Phi) is 5.11. The number of likely N-dealkylation sites (tertiary alicyclic amines) is 1. The van der Waals surface area contributed by atoms with E-state index < -0.39 is 12.1 Å². The molecule has 2 unspecified atom stereocenters. The van der Waals surface area contributed by atoms with Gasteiger partial charge in [-0.15, -0.1) is 10.2 Å². The number of hydrogen-bond acceptors (Lipinski definition) is 5. The van der Waals surface area contributed by atoms with Crippen LogP contribution < -0.4 is 0 Å². The van der Waals surface area contributed by atoms with Crippen molar-refractivity contribution < 1.29 is 9.90 Å². The number of aliphatic hydroxyl groups excluding tert-OH is 1. The number of carbonyl (C=O) groups excluding carboxylic acids is 1. The Morgan fingerprint density at radius 3 is 2.83 bits per heavy atom. The van der Waals surface area contributed by atoms with Crippen LogP contribution in [0.2, 0.25) is 5.02 Å². The molecular formula is C16H20ClN5O2. The van der Waals surface area contributed by atoms with E-state index in [0.717, 1.165) is 18.4 Å². The highest BCUT2D eigenvalue weighted by molar-refractivity contribution is 6.30. The molecule has 2 atom stereocenters. The van der Waals surface area contributed by atoms with Crippen LogP contribution in [0.3, 0.4) is 0 Å². The van der Waals surface area contributed by atoms with Crippen molar-refractivity contribution in [1.29, 1.82) is 0 Å². The number of β-amino-alcohol motifs (C(OH)–C–C–N with tert-alkyl or cyclic N) is 1. The second-order valence-electron chi connectivity index (χ2n) is 5.94. The number of carbonyl (C=O) groups is 1. The molecule has 1 aliphatic rings. The van der Waals surface area contributed by atoms with Crippen LogP contribution in [0.4, 0.5) is 0 Å². The van der Waals surface area contributed by atoms with E-state index in [9.17, 15) is 9.90 Å². The van der Waals surface area contributed by atoms with E-state index >= 15 is 0 Å². The van der Waals surface area contributed by atoms with Crippen LogP contribution in [0.25, 0.3) is 11.4 Å². The number of tetrazole rings is 1. The first-order valence-corrected chi connectivity index (χ1v) is 8.48. The lowest BCUT2D eigenvalue weighted by atomic mass is 10.1. The van der Waals surface area contributed by atoms with Crippen molar-refractivity contribution in [3.05, 3.63) is 29.3 Å². The van der Waals surface area contributed by atoms with Crippen molar-refractivity contribution in [3.8, 4) is 11.4 Å². The highest BCUT2D eigenvalue weighted by Crippen LogP contribution is 2.20. The predicted octanol–water partition coefficient (Wildman–Crippen LogP) is 1.93. The molecule has 1 aromatic heterocycles. The maximum absolute atomic E-state index is 12.7. The van der Waals surface area contributed by atoms with Crippen LogP contribution in [0.15, 0.2) is 24.3 Å². The van der Waals surface area contributed by atoms with Crippen LogP contribution in [-0.4, -0.2) is 55.3 Å². The van der Waals surface area contributed by atoms with Gasteiger partial charge in [-0.05, 0) is 48.7 Å². The van der Waals surface area contributed by atoms with E-state index in [2.05, 4.69) is 15.4 Å². The van der Waals surface area contributed by atoms with Crippen LogP contribution in [-0.2, 0) is 4.79 Å². The molecule has 2 aromatic rings. The largest absolute Gasteiger partial charge is 0.391 e. The summed E-state index contributed by atoms with van der Waals surface area (Å²) in [6, 6.07) is 6.63. The van der Waals surface area contributed by atoms with Crippen molar-refractivity contribution in [1.82, 2.24) is 25.1 Å². The number of hydrogen-bond donors (Lipinski definition) is 1. The van der Waals surface area contributed by atoms with Crippen LogP contribution in [0.1, 0.15) is 32.2 Å². The zero-order chi connectivity index (χ0) is 17.1. The molecule has 1 saturated heterocycles. The number of nitrogens with zero attached hydrogens (tertiary/aromatic N) is 5. The molecule has 24 heavy (non-hydrogen) atoms. The predicted molar refractivity (Wildman–Crippen MR) is 89.4 cm³/mol. The average molecular weight is 350 g/mol. The standard InChI is InChI=1S/C16H20ClN5O2/c1-2-14(16(24)21-9-3-4-13(23)10-21)22-19-15(18-20-22)11-5-7-12(17)8-6-11/h5-8,13-14,23H,2-4,9-10H2,1H3. The van der Waals surface area contributed by atoms with Crippen molar-refractivity contribution in [2.45, 2.75) is 38.3 Å². The number of benzene rings is 1. The van der Waals surface area contributed by atoms with E-state index in [0.29, 0.717) is 30.4 Å². The smallest absolute Gasteiger partial charge is 0.249 e. The van der Waals surface area contributed by atoms with Crippen LogP contribution >= 0.6 is 11.6 Å².